The van der Waals surface area contributed by atoms with E-state index < -0.39 is 11.8 Å². The van der Waals surface area contributed by atoms with Crippen LogP contribution in [0.4, 0.5) is 10.5 Å². The van der Waals surface area contributed by atoms with Gasteiger partial charge in [-0.05, 0) is 31.9 Å². The van der Waals surface area contributed by atoms with Gasteiger partial charge in [-0.1, -0.05) is 18.2 Å². The third-order valence-electron chi connectivity index (χ3n) is 5.24. The van der Waals surface area contributed by atoms with Crippen molar-refractivity contribution in [2.24, 2.45) is 0 Å². The third-order valence-corrected chi connectivity index (χ3v) is 5.24. The molecule has 28 heavy (non-hydrogen) atoms. The molecule has 0 spiro atoms. The zero-order chi connectivity index (χ0) is 19.9. The second-order valence-corrected chi connectivity index (χ2v) is 7.05. The SMILES string of the molecule is CCOC(=O)N1CCC(NC(=O)C(=O)N2CCN(c3ccccc3)CC2)CC1. The van der Waals surface area contributed by atoms with Crippen molar-refractivity contribution in [1.82, 2.24) is 15.1 Å². The smallest absolute Gasteiger partial charge is 0.409 e. The Labute approximate surface area is 165 Å². The molecule has 0 unspecified atom stereocenters. The first-order chi connectivity index (χ1) is 13.6. The summed E-state index contributed by atoms with van der Waals surface area (Å²) in [6.07, 6.45) is 0.929. The van der Waals surface area contributed by atoms with E-state index in [0.29, 0.717) is 58.7 Å². The summed E-state index contributed by atoms with van der Waals surface area (Å²) in [5, 5.41) is 2.83. The molecular weight excluding hydrogens is 360 g/mol. The highest BCUT2D eigenvalue weighted by Crippen LogP contribution is 2.16. The Morgan fingerprint density at radius 3 is 2.21 bits per heavy atom. The first-order valence-corrected chi connectivity index (χ1v) is 9.90. The summed E-state index contributed by atoms with van der Waals surface area (Å²) in [7, 11) is 0. The van der Waals surface area contributed by atoms with Crippen LogP contribution in [0.1, 0.15) is 19.8 Å². The lowest BCUT2D eigenvalue weighted by Crippen LogP contribution is -2.55. The molecule has 2 aliphatic rings. The first kappa shape index (κ1) is 20.0. The van der Waals surface area contributed by atoms with Crippen molar-refractivity contribution < 1.29 is 19.1 Å². The largest absolute Gasteiger partial charge is 0.450 e. The number of carbonyl (C=O) groups is 3. The van der Waals surface area contributed by atoms with Crippen molar-refractivity contribution in [2.75, 3.05) is 50.8 Å². The van der Waals surface area contributed by atoms with Crippen LogP contribution in [0.2, 0.25) is 0 Å². The van der Waals surface area contributed by atoms with Crippen LogP contribution < -0.4 is 10.2 Å². The van der Waals surface area contributed by atoms with Crippen molar-refractivity contribution in [1.29, 1.82) is 0 Å². The molecule has 3 amide bonds. The van der Waals surface area contributed by atoms with E-state index >= 15 is 0 Å². The Balaban J connectivity index is 1.42. The van der Waals surface area contributed by atoms with Crippen molar-refractivity contribution in [2.45, 2.75) is 25.8 Å². The van der Waals surface area contributed by atoms with Crippen LogP contribution in [0.5, 0.6) is 0 Å². The zero-order valence-corrected chi connectivity index (χ0v) is 16.3. The number of piperazine rings is 1. The number of anilines is 1. The van der Waals surface area contributed by atoms with Gasteiger partial charge in [-0.15, -0.1) is 0 Å². The van der Waals surface area contributed by atoms with Gasteiger partial charge < -0.3 is 24.8 Å². The van der Waals surface area contributed by atoms with Crippen LogP contribution in [0, 0.1) is 0 Å². The quantitative estimate of drug-likeness (QED) is 0.784. The Bertz CT molecular complexity index is 681. The maximum Gasteiger partial charge on any atom is 0.409 e. The third kappa shape index (κ3) is 4.94. The van der Waals surface area contributed by atoms with Crippen molar-refractivity contribution in [3.05, 3.63) is 30.3 Å². The molecular formula is C20H28N4O4. The van der Waals surface area contributed by atoms with Gasteiger partial charge in [0.1, 0.15) is 0 Å². The molecule has 0 saturated carbocycles. The number of benzene rings is 1. The van der Waals surface area contributed by atoms with Crippen LogP contribution in [0.25, 0.3) is 0 Å². The fourth-order valence-electron chi connectivity index (χ4n) is 3.62. The molecule has 3 rings (SSSR count). The summed E-state index contributed by atoms with van der Waals surface area (Å²) in [5.41, 5.74) is 1.13. The highest BCUT2D eigenvalue weighted by Gasteiger charge is 2.30. The standard InChI is InChI=1S/C20H28N4O4/c1-2-28-20(27)24-10-8-16(9-11-24)21-18(25)19(26)23-14-12-22(13-15-23)17-6-4-3-5-7-17/h3-7,16H,2,8-15H2,1H3,(H,21,25). The number of hydrogen-bond donors (Lipinski definition) is 1. The van der Waals surface area contributed by atoms with Crippen molar-refractivity contribution in [3.63, 3.8) is 0 Å². The molecule has 0 aliphatic carbocycles. The molecule has 0 radical (unpaired) electrons. The average Bonchev–Trinajstić information content (AvgIpc) is 2.74. The number of ether oxygens (including phenoxy) is 1. The van der Waals surface area contributed by atoms with E-state index in [9.17, 15) is 14.4 Å². The molecule has 2 fully saturated rings. The average molecular weight is 388 g/mol. The first-order valence-electron chi connectivity index (χ1n) is 9.90. The van der Waals surface area contributed by atoms with Gasteiger partial charge in [0.05, 0.1) is 6.61 Å². The molecule has 2 heterocycles. The summed E-state index contributed by atoms with van der Waals surface area (Å²) in [5.74, 6) is -1.02. The molecule has 8 heteroatoms. The maximum atomic E-state index is 12.5. The number of para-hydroxylation sites is 1. The number of carbonyl (C=O) groups excluding carboxylic acids is 3. The van der Waals surface area contributed by atoms with E-state index in [4.69, 9.17) is 4.74 Å². The number of hydrogen-bond acceptors (Lipinski definition) is 5. The van der Waals surface area contributed by atoms with Crippen LogP contribution in [0.15, 0.2) is 30.3 Å². The van der Waals surface area contributed by atoms with E-state index in [0.717, 1.165) is 5.69 Å². The van der Waals surface area contributed by atoms with Gasteiger partial charge in [0.15, 0.2) is 0 Å². The van der Waals surface area contributed by atoms with Crippen molar-refractivity contribution >= 4 is 23.6 Å². The molecule has 0 bridgehead atoms. The van der Waals surface area contributed by atoms with Gasteiger partial charge in [-0.3, -0.25) is 9.59 Å². The summed E-state index contributed by atoms with van der Waals surface area (Å²) < 4.78 is 4.99. The normalized spacial score (nSPS) is 18.0. The van der Waals surface area contributed by atoms with Gasteiger partial charge >= 0.3 is 17.9 Å². The molecule has 2 saturated heterocycles. The Kier molecular flexibility index (Phi) is 6.73. The van der Waals surface area contributed by atoms with Gasteiger partial charge in [0.25, 0.3) is 0 Å². The highest BCUT2D eigenvalue weighted by atomic mass is 16.6. The van der Waals surface area contributed by atoms with Gasteiger partial charge in [-0.25, -0.2) is 4.79 Å². The Morgan fingerprint density at radius 2 is 1.61 bits per heavy atom. The number of amides is 3. The van der Waals surface area contributed by atoms with E-state index in [1.165, 1.54) is 0 Å². The predicted molar refractivity (Wildman–Crippen MR) is 105 cm³/mol. The second kappa shape index (κ2) is 9.43. The molecule has 1 aromatic rings. The van der Waals surface area contributed by atoms with Crippen molar-refractivity contribution in [3.8, 4) is 0 Å². The number of likely N-dealkylation sites (tertiary alicyclic amines) is 1. The molecule has 2 aliphatic heterocycles. The van der Waals surface area contributed by atoms with Crippen LogP contribution in [0.3, 0.4) is 0 Å². The van der Waals surface area contributed by atoms with E-state index in [2.05, 4.69) is 10.2 Å². The summed E-state index contributed by atoms with van der Waals surface area (Å²) in [4.78, 5) is 42.0. The fourth-order valence-corrected chi connectivity index (χ4v) is 3.62. The Hall–Kier alpha value is -2.77. The summed E-state index contributed by atoms with van der Waals surface area (Å²) in [6, 6.07) is 9.97. The van der Waals surface area contributed by atoms with Crippen LogP contribution in [-0.4, -0.2) is 79.6 Å². The Morgan fingerprint density at radius 1 is 0.964 bits per heavy atom. The summed E-state index contributed by atoms with van der Waals surface area (Å²) in [6.45, 7) is 5.64. The van der Waals surface area contributed by atoms with Crippen LogP contribution in [-0.2, 0) is 14.3 Å². The fraction of sp³-hybridized carbons (Fsp3) is 0.550. The van der Waals surface area contributed by atoms with E-state index in [1.54, 1.807) is 16.7 Å². The molecule has 1 aromatic carbocycles. The molecule has 1 N–H and O–H groups in total. The minimum Gasteiger partial charge on any atom is -0.450 e. The van der Waals surface area contributed by atoms with Gasteiger partial charge in [0.2, 0.25) is 0 Å². The predicted octanol–water partition coefficient (Wildman–Crippen LogP) is 1.07. The lowest BCUT2D eigenvalue weighted by molar-refractivity contribution is -0.146. The number of piperidine rings is 1. The van der Waals surface area contributed by atoms with E-state index in [1.807, 2.05) is 30.3 Å². The zero-order valence-electron chi connectivity index (χ0n) is 16.3. The van der Waals surface area contributed by atoms with Crippen LogP contribution >= 0.6 is 0 Å². The number of rotatable bonds is 3. The molecule has 152 valence electrons. The molecule has 0 aromatic heterocycles. The maximum absolute atomic E-state index is 12.5. The second-order valence-electron chi connectivity index (χ2n) is 7.05. The highest BCUT2D eigenvalue weighted by molar-refractivity contribution is 6.35. The lowest BCUT2D eigenvalue weighted by atomic mass is 10.1. The monoisotopic (exact) mass is 388 g/mol. The molecule has 0 atom stereocenters. The number of nitrogens with zero attached hydrogens (tertiary/aromatic N) is 3. The van der Waals surface area contributed by atoms with Gasteiger partial charge in [-0.2, -0.15) is 0 Å². The van der Waals surface area contributed by atoms with Gasteiger partial charge in [0, 0.05) is 51.0 Å². The minimum atomic E-state index is -0.553. The minimum absolute atomic E-state index is 0.0901. The summed E-state index contributed by atoms with van der Waals surface area (Å²) >= 11 is 0. The lowest BCUT2D eigenvalue weighted by Gasteiger charge is -2.36. The molecule has 8 nitrogen and oxygen atoms in total. The number of nitrogens with one attached hydrogen (secondary N) is 1. The van der Waals surface area contributed by atoms with E-state index in [-0.39, 0.29) is 12.1 Å². The topological polar surface area (TPSA) is 82.2 Å².